The summed E-state index contributed by atoms with van der Waals surface area (Å²) in [7, 11) is 0. The fourth-order valence-electron chi connectivity index (χ4n) is 2.89. The lowest BCUT2D eigenvalue weighted by atomic mass is 10.0. The third-order valence-electron chi connectivity index (χ3n) is 4.91. The van der Waals surface area contributed by atoms with E-state index in [1.165, 1.54) is 6.92 Å². The van der Waals surface area contributed by atoms with Gasteiger partial charge in [-0.25, -0.2) is 4.79 Å². The van der Waals surface area contributed by atoms with Crippen LogP contribution in [0.4, 0.5) is 0 Å². The number of hydrogen-bond acceptors (Lipinski definition) is 8. The second-order valence-corrected chi connectivity index (χ2v) is 8.42. The van der Waals surface area contributed by atoms with Gasteiger partial charge < -0.3 is 49.1 Å². The standard InChI is InChI=1S/C20H38N8O7/c1-9(2)14(27-16(31)11(21)6-7-13(22)30)17(32)28-15(10(3)29)18(33)26-12(19(34)35)5-4-8-25-20(23)24/h9-12,14-15,29H,4-8,21H2,1-3H3,(H2,22,30)(H,26,33)(H,27,31)(H,28,32)(H,34,35)(H4,23,24,25). The van der Waals surface area contributed by atoms with Gasteiger partial charge in [0.15, 0.2) is 5.96 Å². The summed E-state index contributed by atoms with van der Waals surface area (Å²) in [6.07, 6.45) is -1.29. The number of carboxylic acids is 1. The molecule has 200 valence electrons. The van der Waals surface area contributed by atoms with E-state index in [1.807, 2.05) is 0 Å². The van der Waals surface area contributed by atoms with Crippen LogP contribution in [-0.4, -0.2) is 82.6 Å². The maximum absolute atomic E-state index is 12.8. The summed E-state index contributed by atoms with van der Waals surface area (Å²) >= 11 is 0. The molecule has 15 heteroatoms. The van der Waals surface area contributed by atoms with Gasteiger partial charge in [0, 0.05) is 13.0 Å². The molecule has 0 radical (unpaired) electrons. The van der Waals surface area contributed by atoms with Crippen molar-refractivity contribution < 1.29 is 34.2 Å². The summed E-state index contributed by atoms with van der Waals surface area (Å²) in [5.74, 6) is -4.99. The van der Waals surface area contributed by atoms with Crippen molar-refractivity contribution in [1.29, 1.82) is 0 Å². The number of carbonyl (C=O) groups is 5. The van der Waals surface area contributed by atoms with Crippen molar-refractivity contribution >= 4 is 35.6 Å². The van der Waals surface area contributed by atoms with Gasteiger partial charge in [0.25, 0.3) is 0 Å². The summed E-state index contributed by atoms with van der Waals surface area (Å²) in [6, 6.07) is -5.06. The van der Waals surface area contributed by atoms with Crippen molar-refractivity contribution in [2.45, 2.75) is 76.7 Å². The predicted octanol–water partition coefficient (Wildman–Crippen LogP) is -3.79. The van der Waals surface area contributed by atoms with Crippen LogP contribution in [0.5, 0.6) is 0 Å². The highest BCUT2D eigenvalue weighted by molar-refractivity contribution is 5.94. The van der Waals surface area contributed by atoms with E-state index < -0.39 is 65.8 Å². The first kappa shape index (κ1) is 31.5. The number of nitrogens with two attached hydrogens (primary N) is 4. The maximum Gasteiger partial charge on any atom is 0.326 e. The Labute approximate surface area is 203 Å². The molecule has 35 heavy (non-hydrogen) atoms. The summed E-state index contributed by atoms with van der Waals surface area (Å²) in [5.41, 5.74) is 21.2. The molecule has 0 saturated carbocycles. The number of primary amides is 1. The molecule has 0 aromatic carbocycles. The summed E-state index contributed by atoms with van der Waals surface area (Å²) in [4.78, 5) is 64.0. The molecule has 0 heterocycles. The normalized spacial score (nSPS) is 15.1. The van der Waals surface area contributed by atoms with Gasteiger partial charge in [0.05, 0.1) is 12.1 Å². The van der Waals surface area contributed by atoms with Gasteiger partial charge in [-0.05, 0) is 32.1 Å². The van der Waals surface area contributed by atoms with E-state index in [0.717, 1.165) is 0 Å². The topological polar surface area (TPSA) is 278 Å². The molecule has 15 nitrogen and oxygen atoms in total. The minimum absolute atomic E-state index is 0.00774. The van der Waals surface area contributed by atoms with Crippen LogP contribution < -0.4 is 38.9 Å². The van der Waals surface area contributed by atoms with Crippen molar-refractivity contribution in [3.05, 3.63) is 0 Å². The monoisotopic (exact) mass is 502 g/mol. The van der Waals surface area contributed by atoms with Crippen molar-refractivity contribution in [1.82, 2.24) is 16.0 Å². The zero-order chi connectivity index (χ0) is 27.3. The fourth-order valence-corrected chi connectivity index (χ4v) is 2.89. The molecule has 4 amide bonds. The highest BCUT2D eigenvalue weighted by atomic mass is 16.4. The molecular weight excluding hydrogens is 464 g/mol. The Hall–Kier alpha value is -3.46. The molecule has 0 rings (SSSR count). The Bertz CT molecular complexity index is 783. The number of guanidine groups is 1. The van der Waals surface area contributed by atoms with Crippen LogP contribution in [0.3, 0.4) is 0 Å². The number of hydrogen-bond donors (Lipinski definition) is 9. The first-order valence-corrected chi connectivity index (χ1v) is 11.1. The minimum atomic E-state index is -1.51. The van der Waals surface area contributed by atoms with E-state index in [1.54, 1.807) is 13.8 Å². The smallest absolute Gasteiger partial charge is 0.326 e. The highest BCUT2D eigenvalue weighted by Crippen LogP contribution is 2.07. The number of carboxylic acid groups (broad SMARTS) is 1. The van der Waals surface area contributed by atoms with Crippen molar-refractivity contribution in [3.63, 3.8) is 0 Å². The molecule has 0 aromatic rings. The van der Waals surface area contributed by atoms with Crippen LogP contribution in [-0.2, 0) is 24.0 Å². The number of amides is 4. The first-order chi connectivity index (χ1) is 16.2. The Morgan fingerprint density at radius 3 is 1.86 bits per heavy atom. The van der Waals surface area contributed by atoms with Crippen molar-refractivity contribution in [2.24, 2.45) is 33.8 Å². The molecule has 5 atom stereocenters. The second-order valence-electron chi connectivity index (χ2n) is 8.42. The molecule has 0 saturated heterocycles. The Morgan fingerprint density at radius 1 is 0.857 bits per heavy atom. The zero-order valence-electron chi connectivity index (χ0n) is 20.2. The van der Waals surface area contributed by atoms with Gasteiger partial charge in [-0.3, -0.25) is 24.2 Å². The number of rotatable bonds is 16. The van der Waals surface area contributed by atoms with E-state index in [0.29, 0.717) is 0 Å². The third-order valence-corrected chi connectivity index (χ3v) is 4.91. The zero-order valence-corrected chi connectivity index (χ0v) is 20.2. The summed E-state index contributed by atoms with van der Waals surface area (Å²) < 4.78 is 0. The SMILES string of the molecule is CC(C)C(NC(=O)C(N)CCC(N)=O)C(=O)NC(C(=O)NC(CCCN=C(N)N)C(=O)O)C(C)O. The number of aliphatic carboxylic acids is 1. The average Bonchev–Trinajstić information content (AvgIpc) is 2.74. The van der Waals surface area contributed by atoms with E-state index in [4.69, 9.17) is 22.9 Å². The Balaban J connectivity index is 5.28. The largest absolute Gasteiger partial charge is 0.480 e. The van der Waals surface area contributed by atoms with Crippen LogP contribution in [0.15, 0.2) is 4.99 Å². The molecule has 13 N–H and O–H groups in total. The lowest BCUT2D eigenvalue weighted by molar-refractivity contribution is -0.143. The third kappa shape index (κ3) is 12.5. The van der Waals surface area contributed by atoms with Crippen molar-refractivity contribution in [3.8, 4) is 0 Å². The van der Waals surface area contributed by atoms with Gasteiger partial charge in [-0.15, -0.1) is 0 Å². The van der Waals surface area contributed by atoms with Crippen LogP contribution in [0.2, 0.25) is 0 Å². The molecule has 0 spiro atoms. The first-order valence-electron chi connectivity index (χ1n) is 11.1. The number of aliphatic hydroxyl groups excluding tert-OH is 1. The number of nitrogens with zero attached hydrogens (tertiary/aromatic N) is 1. The van der Waals surface area contributed by atoms with Gasteiger partial charge in [0.2, 0.25) is 23.6 Å². The minimum Gasteiger partial charge on any atom is -0.480 e. The van der Waals surface area contributed by atoms with E-state index in [-0.39, 0.29) is 38.2 Å². The van der Waals surface area contributed by atoms with Gasteiger partial charge in [0.1, 0.15) is 18.1 Å². The summed E-state index contributed by atoms with van der Waals surface area (Å²) in [5, 5.41) is 26.5. The van der Waals surface area contributed by atoms with Gasteiger partial charge >= 0.3 is 5.97 Å². The molecule has 0 fully saturated rings. The van der Waals surface area contributed by atoms with Crippen LogP contribution in [0, 0.1) is 5.92 Å². The quantitative estimate of drug-likeness (QED) is 0.0563. The molecule has 0 aliphatic heterocycles. The second kappa shape index (κ2) is 15.4. The molecule has 5 unspecified atom stereocenters. The van der Waals surface area contributed by atoms with Crippen LogP contribution >= 0.6 is 0 Å². The number of aliphatic imine (C=N–C) groups is 1. The predicted molar refractivity (Wildman–Crippen MR) is 126 cm³/mol. The van der Waals surface area contributed by atoms with Gasteiger partial charge in [-0.1, -0.05) is 13.8 Å². The van der Waals surface area contributed by atoms with E-state index >= 15 is 0 Å². The fraction of sp³-hybridized carbons (Fsp3) is 0.700. The number of nitrogens with one attached hydrogen (secondary N) is 3. The lowest BCUT2D eigenvalue weighted by Crippen LogP contribution is -2.60. The highest BCUT2D eigenvalue weighted by Gasteiger charge is 2.33. The van der Waals surface area contributed by atoms with Gasteiger partial charge in [-0.2, -0.15) is 0 Å². The van der Waals surface area contributed by atoms with Crippen LogP contribution in [0.1, 0.15) is 46.5 Å². The Kier molecular flexibility index (Phi) is 13.9. The maximum atomic E-state index is 12.8. The molecule has 0 aromatic heterocycles. The average molecular weight is 503 g/mol. The van der Waals surface area contributed by atoms with Crippen LogP contribution in [0.25, 0.3) is 0 Å². The molecule has 0 aliphatic carbocycles. The van der Waals surface area contributed by atoms with E-state index in [9.17, 15) is 34.2 Å². The molecule has 0 bridgehead atoms. The molecular formula is C20H38N8O7. The van der Waals surface area contributed by atoms with Crippen molar-refractivity contribution in [2.75, 3.05) is 6.54 Å². The van der Waals surface area contributed by atoms with E-state index in [2.05, 4.69) is 20.9 Å². The lowest BCUT2D eigenvalue weighted by Gasteiger charge is -2.28. The molecule has 0 aliphatic rings. The number of aliphatic hydroxyl groups is 1. The Morgan fingerprint density at radius 2 is 1.40 bits per heavy atom. The number of carbonyl (C=O) groups excluding carboxylic acids is 4. The summed E-state index contributed by atoms with van der Waals surface area (Å²) in [6.45, 7) is 4.65.